The fourth-order valence-electron chi connectivity index (χ4n) is 4.48. The minimum atomic E-state index is -1.16. The molecular formula is C31H30N6O4. The Kier molecular flexibility index (Phi) is 7.34. The molecular weight excluding hydrogens is 520 g/mol. The molecule has 0 radical (unpaired) electrons. The largest absolute Gasteiger partial charge is 0.384 e. The van der Waals surface area contributed by atoms with Crippen molar-refractivity contribution < 1.29 is 9.90 Å². The molecule has 3 N–H and O–H groups in total. The van der Waals surface area contributed by atoms with Crippen LogP contribution in [-0.2, 0) is 16.8 Å². The second kappa shape index (κ2) is 10.9. The predicted octanol–water partition coefficient (Wildman–Crippen LogP) is 4.20. The number of aromatic amines is 1. The summed E-state index contributed by atoms with van der Waals surface area (Å²) in [5, 5.41) is 13.1. The first-order valence-corrected chi connectivity index (χ1v) is 13.2. The van der Waals surface area contributed by atoms with Crippen LogP contribution in [0.1, 0.15) is 45.1 Å². The van der Waals surface area contributed by atoms with Crippen molar-refractivity contribution in [2.45, 2.75) is 45.8 Å². The Morgan fingerprint density at radius 1 is 0.951 bits per heavy atom. The molecule has 0 bridgehead atoms. The average molecular weight is 551 g/mol. The lowest BCUT2D eigenvalue weighted by Gasteiger charge is -2.17. The molecule has 41 heavy (non-hydrogen) atoms. The van der Waals surface area contributed by atoms with Crippen molar-refractivity contribution >= 4 is 22.8 Å². The first kappa shape index (κ1) is 27.6. The number of fused-ring (bicyclic) bond motifs is 1. The van der Waals surface area contributed by atoms with Gasteiger partial charge in [0.15, 0.2) is 5.65 Å². The Morgan fingerprint density at radius 3 is 2.39 bits per heavy atom. The number of carbonyl (C=O) groups is 1. The number of aliphatic hydroxyl groups is 1. The highest BCUT2D eigenvalue weighted by atomic mass is 16.3. The van der Waals surface area contributed by atoms with Crippen LogP contribution in [0, 0.1) is 0 Å². The van der Waals surface area contributed by atoms with Gasteiger partial charge < -0.3 is 20.0 Å². The summed E-state index contributed by atoms with van der Waals surface area (Å²) in [5.74, 6) is -0.416. The summed E-state index contributed by atoms with van der Waals surface area (Å²) in [7, 11) is 0. The highest BCUT2D eigenvalue weighted by Crippen LogP contribution is 2.32. The van der Waals surface area contributed by atoms with Crippen LogP contribution >= 0.6 is 0 Å². The average Bonchev–Trinajstić information content (AvgIpc) is 2.92. The van der Waals surface area contributed by atoms with E-state index >= 15 is 0 Å². The van der Waals surface area contributed by atoms with E-state index < -0.39 is 17.1 Å². The second-order valence-electron chi connectivity index (χ2n) is 10.6. The van der Waals surface area contributed by atoms with Gasteiger partial charge in [-0.3, -0.25) is 19.4 Å². The van der Waals surface area contributed by atoms with E-state index in [1.807, 2.05) is 44.2 Å². The summed E-state index contributed by atoms with van der Waals surface area (Å²) < 4.78 is 1.61. The number of H-pyrrole nitrogens is 1. The van der Waals surface area contributed by atoms with Crippen LogP contribution < -0.4 is 16.4 Å². The number of hydrogen-bond acceptors (Lipinski definition) is 7. The van der Waals surface area contributed by atoms with Crippen LogP contribution in [0.3, 0.4) is 0 Å². The number of nitrogens with one attached hydrogen (secondary N) is 2. The summed E-state index contributed by atoms with van der Waals surface area (Å²) in [6.45, 7) is 7.07. The number of hydrogen-bond donors (Lipinski definition) is 3. The van der Waals surface area contributed by atoms with Crippen LogP contribution in [0.5, 0.6) is 0 Å². The maximum atomic E-state index is 13.1. The number of pyridine rings is 3. The zero-order valence-electron chi connectivity index (χ0n) is 23.2. The molecule has 0 fully saturated rings. The Balaban J connectivity index is 1.62. The highest BCUT2D eigenvalue weighted by molar-refractivity contribution is 6.00. The molecule has 10 heteroatoms. The van der Waals surface area contributed by atoms with Crippen molar-refractivity contribution in [1.29, 1.82) is 0 Å². The third-order valence-corrected chi connectivity index (χ3v) is 6.53. The molecule has 5 rings (SSSR count). The van der Waals surface area contributed by atoms with Gasteiger partial charge in [-0.15, -0.1) is 0 Å². The van der Waals surface area contributed by atoms with E-state index in [0.717, 1.165) is 5.56 Å². The summed E-state index contributed by atoms with van der Waals surface area (Å²) in [6.07, 6.45) is 1.65. The van der Waals surface area contributed by atoms with Gasteiger partial charge in [0.1, 0.15) is 11.1 Å². The van der Waals surface area contributed by atoms with Crippen molar-refractivity contribution in [3.05, 3.63) is 105 Å². The maximum absolute atomic E-state index is 13.1. The summed E-state index contributed by atoms with van der Waals surface area (Å²) >= 11 is 0. The molecule has 10 nitrogen and oxygen atoms in total. The van der Waals surface area contributed by atoms with Crippen LogP contribution in [0.2, 0.25) is 0 Å². The lowest BCUT2D eigenvalue weighted by atomic mass is 10.0. The van der Waals surface area contributed by atoms with Crippen molar-refractivity contribution in [1.82, 2.24) is 24.5 Å². The molecule has 4 aromatic heterocycles. The lowest BCUT2D eigenvalue weighted by molar-refractivity contribution is -0.115. The van der Waals surface area contributed by atoms with E-state index in [4.69, 9.17) is 9.97 Å². The standard InChI is InChI=1S/C31H30N6O4/c1-18(2)37-17-20(13-14-26(37)40)28-27(19-9-6-5-7-10-19)36-30-29(35-28)22(16-25(39)34-30)33-24(38)15-21-11-8-12-23(32-21)31(3,4)41/h5-14,16-18,41H,15H2,1-4H3,(H2,33,34,36,38,39). The quantitative estimate of drug-likeness (QED) is 0.276. The molecule has 5 aromatic rings. The van der Waals surface area contributed by atoms with Gasteiger partial charge in [0, 0.05) is 35.5 Å². The summed E-state index contributed by atoms with van der Waals surface area (Å²) in [6, 6.07) is 18.9. The minimum absolute atomic E-state index is 0.0780. The smallest absolute Gasteiger partial charge is 0.251 e. The molecule has 0 aliphatic heterocycles. The zero-order chi connectivity index (χ0) is 29.3. The van der Waals surface area contributed by atoms with Gasteiger partial charge in [-0.1, -0.05) is 36.4 Å². The van der Waals surface area contributed by atoms with Gasteiger partial charge in [-0.05, 0) is 45.9 Å². The van der Waals surface area contributed by atoms with Crippen LogP contribution in [-0.4, -0.2) is 35.5 Å². The normalized spacial score (nSPS) is 11.7. The molecule has 0 saturated heterocycles. The number of amides is 1. The number of anilines is 1. The molecule has 1 amide bonds. The Hall–Kier alpha value is -4.96. The first-order chi connectivity index (χ1) is 19.5. The SMILES string of the molecule is CC(C)n1cc(-c2nc3c(NC(=O)Cc4cccc(C(C)(C)O)n4)cc(=O)[nH]c3nc2-c2ccccc2)ccc1=O. The molecule has 0 atom stereocenters. The number of benzene rings is 1. The molecule has 0 aliphatic rings. The van der Waals surface area contributed by atoms with Crippen LogP contribution in [0.4, 0.5) is 5.69 Å². The molecule has 0 saturated carbocycles. The van der Waals surface area contributed by atoms with Gasteiger partial charge in [0.25, 0.3) is 11.1 Å². The highest BCUT2D eigenvalue weighted by Gasteiger charge is 2.20. The zero-order valence-corrected chi connectivity index (χ0v) is 23.2. The van der Waals surface area contributed by atoms with Gasteiger partial charge in [0.05, 0.1) is 34.9 Å². The molecule has 0 spiro atoms. The molecule has 1 aromatic carbocycles. The predicted molar refractivity (Wildman–Crippen MR) is 157 cm³/mol. The van der Waals surface area contributed by atoms with Gasteiger partial charge in [-0.25, -0.2) is 9.97 Å². The molecule has 208 valence electrons. The van der Waals surface area contributed by atoms with E-state index in [2.05, 4.69) is 15.3 Å². The van der Waals surface area contributed by atoms with Gasteiger partial charge >= 0.3 is 0 Å². The van der Waals surface area contributed by atoms with Gasteiger partial charge in [0.2, 0.25) is 5.91 Å². The van der Waals surface area contributed by atoms with Gasteiger partial charge in [-0.2, -0.15) is 0 Å². The van der Waals surface area contributed by atoms with E-state index in [-0.39, 0.29) is 34.9 Å². The minimum Gasteiger partial charge on any atom is -0.384 e. The molecule has 4 heterocycles. The number of carbonyl (C=O) groups excluding carboxylic acids is 1. The van der Waals surface area contributed by atoms with Crippen molar-refractivity contribution in [2.75, 3.05) is 5.32 Å². The van der Waals surface area contributed by atoms with Crippen LogP contribution in [0.15, 0.2) is 82.5 Å². The van der Waals surface area contributed by atoms with E-state index in [9.17, 15) is 19.5 Å². The van der Waals surface area contributed by atoms with E-state index in [1.165, 1.54) is 12.1 Å². The van der Waals surface area contributed by atoms with Crippen molar-refractivity contribution in [2.24, 2.45) is 0 Å². The first-order valence-electron chi connectivity index (χ1n) is 13.2. The molecule has 0 unspecified atom stereocenters. The van der Waals surface area contributed by atoms with Crippen molar-refractivity contribution in [3.8, 4) is 22.5 Å². The maximum Gasteiger partial charge on any atom is 0.251 e. The fourth-order valence-corrected chi connectivity index (χ4v) is 4.48. The summed E-state index contributed by atoms with van der Waals surface area (Å²) in [4.78, 5) is 55.0. The third kappa shape index (κ3) is 5.97. The van der Waals surface area contributed by atoms with Crippen LogP contribution in [0.25, 0.3) is 33.7 Å². The number of rotatable bonds is 7. The second-order valence-corrected chi connectivity index (χ2v) is 10.6. The van der Waals surface area contributed by atoms with E-state index in [1.54, 1.807) is 48.9 Å². The number of nitrogens with zero attached hydrogens (tertiary/aromatic N) is 4. The topological polar surface area (TPSA) is 143 Å². The fraction of sp³-hybridized carbons (Fsp3) is 0.226. The van der Waals surface area contributed by atoms with E-state index in [0.29, 0.717) is 28.3 Å². The third-order valence-electron chi connectivity index (χ3n) is 6.53. The Morgan fingerprint density at radius 2 is 1.68 bits per heavy atom. The number of aromatic nitrogens is 5. The lowest BCUT2D eigenvalue weighted by Crippen LogP contribution is -2.21. The van der Waals surface area contributed by atoms with Crippen molar-refractivity contribution in [3.63, 3.8) is 0 Å². The summed E-state index contributed by atoms with van der Waals surface area (Å²) in [5.41, 5.74) is 2.26. The molecule has 0 aliphatic carbocycles. The monoisotopic (exact) mass is 550 g/mol. The Bertz CT molecular complexity index is 1870. The Labute approximate surface area is 235 Å².